The Morgan fingerprint density at radius 2 is 1.54 bits per heavy atom. The molecule has 12 heteroatoms. The van der Waals surface area contributed by atoms with Crippen LogP contribution in [-0.4, -0.2) is 63.8 Å². The summed E-state index contributed by atoms with van der Waals surface area (Å²) < 4.78 is 0. The predicted octanol–water partition coefficient (Wildman–Crippen LogP) is -2.96. The summed E-state index contributed by atoms with van der Waals surface area (Å²) in [6, 6.07) is -3.98. The third kappa shape index (κ3) is 8.33. The van der Waals surface area contributed by atoms with E-state index in [2.05, 4.69) is 23.3 Å². The quantitative estimate of drug-likeness (QED) is 0.188. The summed E-state index contributed by atoms with van der Waals surface area (Å²) in [7, 11) is 0. The van der Waals surface area contributed by atoms with E-state index in [9.17, 15) is 24.0 Å². The number of nitrogens with two attached hydrogens (primary N) is 2. The van der Waals surface area contributed by atoms with E-state index in [0.29, 0.717) is 0 Å². The van der Waals surface area contributed by atoms with Gasteiger partial charge in [0, 0.05) is 12.2 Å². The summed E-state index contributed by atoms with van der Waals surface area (Å²) >= 11 is 3.77. The van der Waals surface area contributed by atoms with Crippen molar-refractivity contribution in [1.82, 2.24) is 10.6 Å². The van der Waals surface area contributed by atoms with E-state index >= 15 is 0 Å². The first-order chi connectivity index (χ1) is 11.1. The van der Waals surface area contributed by atoms with E-state index in [0.717, 1.165) is 0 Å². The van der Waals surface area contributed by atoms with Gasteiger partial charge in [-0.3, -0.25) is 19.2 Å². The third-order valence-corrected chi connectivity index (χ3v) is 3.21. The van der Waals surface area contributed by atoms with Gasteiger partial charge in [0.1, 0.15) is 12.1 Å². The molecular weight excluding hydrogens is 344 g/mol. The fraction of sp³-hybridized carbons (Fsp3) is 0.583. The zero-order valence-electron chi connectivity index (χ0n) is 12.6. The molecule has 11 nitrogen and oxygen atoms in total. The maximum Gasteiger partial charge on any atom is 0.327 e. The molecule has 0 aliphatic rings. The Labute approximate surface area is 142 Å². The van der Waals surface area contributed by atoms with E-state index in [1.54, 1.807) is 0 Å². The van der Waals surface area contributed by atoms with E-state index in [1.165, 1.54) is 0 Å². The first-order valence-corrected chi connectivity index (χ1v) is 7.41. The molecule has 0 saturated carbocycles. The summed E-state index contributed by atoms with van der Waals surface area (Å²) in [6.45, 7) is 0. The van der Waals surface area contributed by atoms with E-state index in [4.69, 9.17) is 21.7 Å². The highest BCUT2D eigenvalue weighted by Crippen LogP contribution is 2.00. The smallest absolute Gasteiger partial charge is 0.327 e. The molecule has 0 aliphatic carbocycles. The van der Waals surface area contributed by atoms with Crippen LogP contribution in [0.15, 0.2) is 0 Å². The van der Waals surface area contributed by atoms with Crippen molar-refractivity contribution in [2.24, 2.45) is 11.5 Å². The number of primary amides is 1. The minimum Gasteiger partial charge on any atom is -0.481 e. The number of nitrogens with one attached hydrogen (secondary N) is 2. The van der Waals surface area contributed by atoms with E-state index in [-0.39, 0.29) is 18.6 Å². The van der Waals surface area contributed by atoms with E-state index in [1.807, 2.05) is 0 Å². The molecule has 0 unspecified atom stereocenters. The van der Waals surface area contributed by atoms with Crippen molar-refractivity contribution in [2.75, 3.05) is 5.75 Å². The van der Waals surface area contributed by atoms with Crippen molar-refractivity contribution in [1.29, 1.82) is 0 Å². The largest absolute Gasteiger partial charge is 0.481 e. The van der Waals surface area contributed by atoms with Gasteiger partial charge in [0.05, 0.1) is 12.5 Å². The lowest BCUT2D eigenvalue weighted by Gasteiger charge is -2.21. The number of hydrogen-bond acceptors (Lipinski definition) is 7. The second-order valence-electron chi connectivity index (χ2n) is 4.85. The van der Waals surface area contributed by atoms with Gasteiger partial charge in [0.15, 0.2) is 0 Å². The van der Waals surface area contributed by atoms with Crippen LogP contribution in [0.5, 0.6) is 0 Å². The van der Waals surface area contributed by atoms with Crippen molar-refractivity contribution >= 4 is 42.3 Å². The summed E-state index contributed by atoms with van der Waals surface area (Å²) in [5.74, 6) is -5.43. The fourth-order valence-corrected chi connectivity index (χ4v) is 1.80. The zero-order valence-corrected chi connectivity index (χ0v) is 13.5. The Hall–Kier alpha value is -2.34. The van der Waals surface area contributed by atoms with Crippen molar-refractivity contribution in [3.63, 3.8) is 0 Å². The summed E-state index contributed by atoms with van der Waals surface area (Å²) in [5.41, 5.74) is 10.5. The molecule has 3 atom stereocenters. The number of carboxylic acid groups (broad SMARTS) is 2. The number of amides is 3. The lowest BCUT2D eigenvalue weighted by molar-refractivity contribution is -0.141. The average Bonchev–Trinajstić information content (AvgIpc) is 2.48. The molecular formula is C12H20N4O7S. The Bertz CT molecular complexity index is 514. The fourth-order valence-electron chi connectivity index (χ4n) is 1.56. The number of carbonyl (C=O) groups is 5. The maximum atomic E-state index is 12.0. The van der Waals surface area contributed by atoms with Crippen LogP contribution in [-0.2, 0) is 24.0 Å². The minimum atomic E-state index is -1.44. The lowest BCUT2D eigenvalue weighted by Crippen LogP contribution is -2.55. The molecule has 0 aromatic carbocycles. The molecule has 0 aromatic heterocycles. The molecule has 24 heavy (non-hydrogen) atoms. The SMILES string of the molecule is NC(=O)C[C@H](NC(=O)[C@@H](N)CCC(=O)O)C(=O)N[C@@H](CS)C(=O)O. The van der Waals surface area contributed by atoms with Gasteiger partial charge in [0.25, 0.3) is 0 Å². The van der Waals surface area contributed by atoms with Gasteiger partial charge in [-0.25, -0.2) is 4.79 Å². The number of carbonyl (C=O) groups excluding carboxylic acids is 3. The highest BCUT2D eigenvalue weighted by Gasteiger charge is 2.28. The van der Waals surface area contributed by atoms with Crippen LogP contribution in [0.2, 0.25) is 0 Å². The van der Waals surface area contributed by atoms with Gasteiger partial charge >= 0.3 is 11.9 Å². The molecule has 0 aromatic rings. The van der Waals surface area contributed by atoms with Crippen LogP contribution in [0.25, 0.3) is 0 Å². The van der Waals surface area contributed by atoms with Crippen LogP contribution in [0.3, 0.4) is 0 Å². The van der Waals surface area contributed by atoms with Crippen molar-refractivity contribution < 1.29 is 34.2 Å². The van der Waals surface area contributed by atoms with Crippen molar-refractivity contribution in [3.05, 3.63) is 0 Å². The third-order valence-electron chi connectivity index (χ3n) is 2.84. The monoisotopic (exact) mass is 364 g/mol. The van der Waals surface area contributed by atoms with Gasteiger partial charge < -0.3 is 32.3 Å². The Morgan fingerprint density at radius 3 is 1.96 bits per heavy atom. The highest BCUT2D eigenvalue weighted by atomic mass is 32.1. The second kappa shape index (κ2) is 10.4. The predicted molar refractivity (Wildman–Crippen MR) is 84.0 cm³/mol. The molecule has 0 heterocycles. The van der Waals surface area contributed by atoms with Gasteiger partial charge in [-0.1, -0.05) is 0 Å². The van der Waals surface area contributed by atoms with Gasteiger partial charge in [-0.2, -0.15) is 12.6 Å². The molecule has 3 amide bonds. The number of hydrogen-bond donors (Lipinski definition) is 7. The van der Waals surface area contributed by atoms with Crippen molar-refractivity contribution in [3.8, 4) is 0 Å². The molecule has 0 rings (SSSR count). The van der Waals surface area contributed by atoms with Gasteiger partial charge in [-0.05, 0) is 6.42 Å². The van der Waals surface area contributed by atoms with Crippen LogP contribution in [0.4, 0.5) is 0 Å². The molecule has 0 bridgehead atoms. The Morgan fingerprint density at radius 1 is 1.00 bits per heavy atom. The van der Waals surface area contributed by atoms with Crippen LogP contribution in [0, 0.1) is 0 Å². The van der Waals surface area contributed by atoms with Gasteiger partial charge in [-0.15, -0.1) is 0 Å². The molecule has 0 spiro atoms. The number of thiol groups is 1. The zero-order chi connectivity index (χ0) is 18.9. The van der Waals surface area contributed by atoms with Gasteiger partial charge in [0.2, 0.25) is 17.7 Å². The first kappa shape index (κ1) is 21.7. The average molecular weight is 364 g/mol. The standard InChI is InChI=1S/C12H20N4O7S/c13-5(1-2-9(18)19)10(20)15-6(3-8(14)17)11(21)16-7(4-24)12(22)23/h5-7,24H,1-4,13H2,(H2,14,17)(H,15,20)(H,16,21)(H,18,19)(H,22,23)/t5-,6-,7-/m0/s1. The highest BCUT2D eigenvalue weighted by molar-refractivity contribution is 7.80. The van der Waals surface area contributed by atoms with Crippen LogP contribution >= 0.6 is 12.6 Å². The molecule has 136 valence electrons. The number of carboxylic acids is 2. The Kier molecular flexibility index (Phi) is 9.42. The van der Waals surface area contributed by atoms with Crippen LogP contribution < -0.4 is 22.1 Å². The second-order valence-corrected chi connectivity index (χ2v) is 5.22. The topological polar surface area (TPSA) is 202 Å². The molecule has 8 N–H and O–H groups in total. The normalized spacial score (nSPS) is 14.1. The number of rotatable bonds is 11. The summed E-state index contributed by atoms with van der Waals surface area (Å²) in [5, 5.41) is 21.6. The molecule has 0 aliphatic heterocycles. The van der Waals surface area contributed by atoms with Crippen molar-refractivity contribution in [2.45, 2.75) is 37.4 Å². The lowest BCUT2D eigenvalue weighted by atomic mass is 10.1. The summed E-state index contributed by atoms with van der Waals surface area (Å²) in [4.78, 5) is 56.2. The molecule has 0 radical (unpaired) electrons. The number of aliphatic carboxylic acids is 2. The minimum absolute atomic E-state index is 0.180. The first-order valence-electron chi connectivity index (χ1n) is 6.78. The van der Waals surface area contributed by atoms with Crippen LogP contribution in [0.1, 0.15) is 19.3 Å². The van der Waals surface area contributed by atoms with E-state index < -0.39 is 54.2 Å². The summed E-state index contributed by atoms with van der Waals surface area (Å²) in [6.07, 6.45) is -1.12. The maximum absolute atomic E-state index is 12.0. The molecule has 0 saturated heterocycles. The Balaban J connectivity index is 4.90. The molecule has 0 fully saturated rings.